The van der Waals surface area contributed by atoms with Crippen molar-refractivity contribution in [1.82, 2.24) is 5.32 Å². The van der Waals surface area contributed by atoms with Crippen molar-refractivity contribution in [2.45, 2.75) is 33.2 Å². The summed E-state index contributed by atoms with van der Waals surface area (Å²) in [6.07, 6.45) is 0.215. The molecule has 5 nitrogen and oxygen atoms in total. The Kier molecular flexibility index (Phi) is 5.79. The largest absolute Gasteiger partial charge is 0.492 e. The van der Waals surface area contributed by atoms with Gasteiger partial charge in [-0.05, 0) is 38.5 Å². The van der Waals surface area contributed by atoms with Gasteiger partial charge in [-0.2, -0.15) is 0 Å². The number of nitrogens with zero attached hydrogens (tertiary/aromatic N) is 1. The molecule has 0 radical (unpaired) electrons. The number of carbonyl (C=O) groups excluding carboxylic acids is 2. The minimum absolute atomic E-state index is 0.0507. The third kappa shape index (κ3) is 4.30. The van der Waals surface area contributed by atoms with Crippen molar-refractivity contribution in [1.29, 1.82) is 0 Å². The maximum absolute atomic E-state index is 12.7. The number of hydrogen-bond donors (Lipinski definition) is 1. The van der Waals surface area contributed by atoms with Gasteiger partial charge in [0.25, 0.3) is 0 Å². The zero-order chi connectivity index (χ0) is 19.4. The first-order valence-corrected chi connectivity index (χ1v) is 9.38. The predicted molar refractivity (Wildman–Crippen MR) is 106 cm³/mol. The van der Waals surface area contributed by atoms with Gasteiger partial charge < -0.3 is 15.0 Å². The summed E-state index contributed by atoms with van der Waals surface area (Å²) in [4.78, 5) is 26.9. The van der Waals surface area contributed by atoms with Crippen molar-refractivity contribution < 1.29 is 14.3 Å². The summed E-state index contributed by atoms with van der Waals surface area (Å²) >= 11 is 0. The Morgan fingerprint density at radius 2 is 1.93 bits per heavy atom. The zero-order valence-electron chi connectivity index (χ0n) is 16.1. The van der Waals surface area contributed by atoms with Crippen molar-refractivity contribution >= 4 is 17.5 Å². The molecule has 2 amide bonds. The zero-order valence-corrected chi connectivity index (χ0v) is 16.1. The lowest BCUT2D eigenvalue weighted by atomic mass is 10.0. The van der Waals surface area contributed by atoms with Crippen molar-refractivity contribution in [2.75, 3.05) is 18.1 Å². The van der Waals surface area contributed by atoms with Crippen molar-refractivity contribution in [2.24, 2.45) is 5.92 Å². The van der Waals surface area contributed by atoms with Crippen LogP contribution in [-0.4, -0.2) is 25.0 Å². The van der Waals surface area contributed by atoms with Gasteiger partial charge in [-0.15, -0.1) is 0 Å². The average molecular weight is 366 g/mol. The molecule has 0 spiro atoms. The van der Waals surface area contributed by atoms with E-state index in [1.807, 2.05) is 69.3 Å². The topological polar surface area (TPSA) is 58.6 Å². The van der Waals surface area contributed by atoms with E-state index >= 15 is 0 Å². The Bertz CT molecular complexity index is 817. The number of hydrogen-bond acceptors (Lipinski definition) is 3. The number of rotatable bonds is 6. The lowest BCUT2D eigenvalue weighted by molar-refractivity contribution is -0.126. The van der Waals surface area contributed by atoms with E-state index in [2.05, 4.69) is 5.32 Å². The van der Waals surface area contributed by atoms with Gasteiger partial charge in [0.05, 0.1) is 24.3 Å². The molecule has 27 heavy (non-hydrogen) atoms. The number of ether oxygens (including phenoxy) is 1. The Labute approximate surface area is 160 Å². The van der Waals surface area contributed by atoms with E-state index in [-0.39, 0.29) is 30.2 Å². The fourth-order valence-corrected chi connectivity index (χ4v) is 3.34. The van der Waals surface area contributed by atoms with Crippen LogP contribution in [0.15, 0.2) is 48.5 Å². The number of nitrogens with one attached hydrogen (secondary N) is 1. The van der Waals surface area contributed by atoms with Crippen molar-refractivity contribution in [3.05, 3.63) is 59.7 Å². The highest BCUT2D eigenvalue weighted by atomic mass is 16.5. The summed E-state index contributed by atoms with van der Waals surface area (Å²) in [6, 6.07) is 15.5. The van der Waals surface area contributed by atoms with E-state index in [4.69, 9.17) is 4.74 Å². The van der Waals surface area contributed by atoms with Crippen LogP contribution >= 0.6 is 0 Å². The minimum Gasteiger partial charge on any atom is -0.492 e. The second-order valence-corrected chi connectivity index (χ2v) is 6.95. The molecular weight excluding hydrogens is 340 g/mol. The maximum Gasteiger partial charge on any atom is 0.227 e. The van der Waals surface area contributed by atoms with Crippen LogP contribution in [0.4, 0.5) is 5.69 Å². The minimum atomic E-state index is -0.361. The third-order valence-electron chi connectivity index (χ3n) is 4.89. The van der Waals surface area contributed by atoms with Crippen LogP contribution < -0.4 is 15.0 Å². The van der Waals surface area contributed by atoms with E-state index in [1.165, 1.54) is 5.56 Å². The molecule has 5 heteroatoms. The van der Waals surface area contributed by atoms with Crippen LogP contribution in [0, 0.1) is 12.8 Å². The molecule has 1 aliphatic heterocycles. The van der Waals surface area contributed by atoms with E-state index < -0.39 is 0 Å². The molecule has 1 fully saturated rings. The monoisotopic (exact) mass is 366 g/mol. The molecular formula is C22H26N2O3. The van der Waals surface area contributed by atoms with Gasteiger partial charge in [-0.1, -0.05) is 42.0 Å². The number of aryl methyl sites for hydroxylation is 1. The maximum atomic E-state index is 12.7. The molecule has 142 valence electrons. The first-order valence-electron chi connectivity index (χ1n) is 9.38. The molecule has 2 atom stereocenters. The van der Waals surface area contributed by atoms with Crippen LogP contribution in [0.1, 0.15) is 37.4 Å². The molecule has 1 heterocycles. The first-order chi connectivity index (χ1) is 13.0. The van der Waals surface area contributed by atoms with Crippen molar-refractivity contribution in [3.63, 3.8) is 0 Å². The summed E-state index contributed by atoms with van der Waals surface area (Å²) in [5.41, 5.74) is 2.96. The summed E-state index contributed by atoms with van der Waals surface area (Å²) in [5.74, 6) is 0.167. The summed E-state index contributed by atoms with van der Waals surface area (Å²) in [7, 11) is 0. The van der Waals surface area contributed by atoms with Gasteiger partial charge in [0.1, 0.15) is 5.75 Å². The van der Waals surface area contributed by atoms with E-state index in [1.54, 1.807) is 4.90 Å². The van der Waals surface area contributed by atoms with Gasteiger partial charge in [-0.25, -0.2) is 0 Å². The van der Waals surface area contributed by atoms with Gasteiger partial charge in [0.2, 0.25) is 11.8 Å². The molecule has 2 aromatic rings. The molecule has 2 aromatic carbocycles. The number of anilines is 1. The standard InChI is InChI=1S/C22H26N2O3/c1-4-27-20-8-6-5-7-19(20)24-14-18(13-21(24)25)22(26)23-16(3)17-11-9-15(2)10-12-17/h5-12,16,18H,4,13-14H2,1-3H3,(H,23,26). The van der Waals surface area contributed by atoms with Gasteiger partial charge in [-0.3, -0.25) is 9.59 Å². The van der Waals surface area contributed by atoms with Crippen LogP contribution in [-0.2, 0) is 9.59 Å². The lowest BCUT2D eigenvalue weighted by Crippen LogP contribution is -2.34. The summed E-state index contributed by atoms with van der Waals surface area (Å²) < 4.78 is 5.63. The summed E-state index contributed by atoms with van der Waals surface area (Å²) in [6.45, 7) is 6.80. The van der Waals surface area contributed by atoms with Gasteiger partial charge >= 0.3 is 0 Å². The van der Waals surface area contributed by atoms with Crippen LogP contribution in [0.25, 0.3) is 0 Å². The molecule has 1 N–H and O–H groups in total. The SMILES string of the molecule is CCOc1ccccc1N1CC(C(=O)NC(C)c2ccc(C)cc2)CC1=O. The molecule has 3 rings (SSSR count). The lowest BCUT2D eigenvalue weighted by Gasteiger charge is -2.21. The number of benzene rings is 2. The Hall–Kier alpha value is -2.82. The fourth-order valence-electron chi connectivity index (χ4n) is 3.34. The highest BCUT2D eigenvalue weighted by Gasteiger charge is 2.36. The third-order valence-corrected chi connectivity index (χ3v) is 4.89. The number of para-hydroxylation sites is 2. The molecule has 0 saturated carbocycles. The molecule has 0 aliphatic carbocycles. The molecule has 2 unspecified atom stereocenters. The normalized spacial score (nSPS) is 17.7. The highest BCUT2D eigenvalue weighted by Crippen LogP contribution is 2.33. The number of carbonyl (C=O) groups is 2. The molecule has 0 bridgehead atoms. The molecule has 1 aliphatic rings. The van der Waals surface area contributed by atoms with Crippen LogP contribution in [0.5, 0.6) is 5.75 Å². The predicted octanol–water partition coefficient (Wildman–Crippen LogP) is 3.62. The summed E-state index contributed by atoms with van der Waals surface area (Å²) in [5, 5.41) is 3.04. The highest BCUT2D eigenvalue weighted by molar-refractivity contribution is 6.01. The first kappa shape index (κ1) is 19.0. The Morgan fingerprint density at radius 1 is 1.22 bits per heavy atom. The van der Waals surface area contributed by atoms with Crippen LogP contribution in [0.3, 0.4) is 0 Å². The average Bonchev–Trinajstić information content (AvgIpc) is 3.05. The van der Waals surface area contributed by atoms with Gasteiger partial charge in [0, 0.05) is 13.0 Å². The van der Waals surface area contributed by atoms with Gasteiger partial charge in [0.15, 0.2) is 0 Å². The van der Waals surface area contributed by atoms with E-state index in [0.717, 1.165) is 11.3 Å². The Balaban J connectivity index is 1.68. The quantitative estimate of drug-likeness (QED) is 0.849. The van der Waals surface area contributed by atoms with E-state index in [9.17, 15) is 9.59 Å². The fraction of sp³-hybridized carbons (Fsp3) is 0.364. The van der Waals surface area contributed by atoms with Crippen molar-refractivity contribution in [3.8, 4) is 5.75 Å². The second-order valence-electron chi connectivity index (χ2n) is 6.95. The smallest absolute Gasteiger partial charge is 0.227 e. The van der Waals surface area contributed by atoms with E-state index in [0.29, 0.717) is 18.9 Å². The Morgan fingerprint density at radius 3 is 2.63 bits per heavy atom. The second kappa shape index (κ2) is 8.25. The molecule has 0 aromatic heterocycles. The molecule has 1 saturated heterocycles. The van der Waals surface area contributed by atoms with Crippen LogP contribution in [0.2, 0.25) is 0 Å². The number of amides is 2.